The number of sulfone groups is 1. The Kier molecular flexibility index (Phi) is 11.7. The molecule has 0 spiro atoms. The summed E-state index contributed by atoms with van der Waals surface area (Å²) in [5.41, 5.74) is 12.4. The third-order valence-corrected chi connectivity index (χ3v) is 7.49. The normalized spacial score (nSPS) is 11.5. The first-order valence-electron chi connectivity index (χ1n) is 10.8. The maximum Gasteiger partial charge on any atom is 0.183 e. The van der Waals surface area contributed by atoms with Crippen molar-refractivity contribution in [3.05, 3.63) is 24.3 Å². The van der Waals surface area contributed by atoms with E-state index in [9.17, 15) is 13.5 Å². The van der Waals surface area contributed by atoms with Crippen LogP contribution in [-0.4, -0.2) is 85.5 Å². The summed E-state index contributed by atoms with van der Waals surface area (Å²) in [5.74, 6) is 1.09. The molecule has 0 fully saturated rings. The number of hydrogen-bond donors (Lipinski definition) is 3. The van der Waals surface area contributed by atoms with Crippen LogP contribution >= 0.6 is 12.0 Å². The summed E-state index contributed by atoms with van der Waals surface area (Å²) < 4.78 is 52.1. The molecule has 0 heterocycles. The fourth-order valence-electron chi connectivity index (χ4n) is 3.19. The lowest BCUT2D eigenvalue weighted by molar-refractivity contribution is -0.193. The van der Waals surface area contributed by atoms with E-state index in [-0.39, 0.29) is 54.1 Å². The minimum Gasteiger partial charge on any atom is -0.495 e. The minimum absolute atomic E-state index is 0.0242. The molecule has 0 aliphatic carbocycles. The standard InChI is InChI=1S/C22H33N3O9S2/c1-29-17-13-21(19(31-3)11-15(17)23)35-34-33-9-6-25(5-8-26)7-10-36(27,28)22-14-18(30-2)16(24)12-20(22)32-4/h11-14,26H,5-10,23-24H2,1-4H3. The van der Waals surface area contributed by atoms with E-state index >= 15 is 0 Å². The van der Waals surface area contributed by atoms with Crippen molar-refractivity contribution in [3.8, 4) is 23.0 Å². The molecule has 0 aromatic heterocycles. The number of benzene rings is 2. The SMILES string of the molecule is COc1cc(SOOCCN(CCO)CCS(=O)(=O)c2cc(OC)c(N)cc2OC)c(OC)cc1N. The molecule has 2 aromatic carbocycles. The summed E-state index contributed by atoms with van der Waals surface area (Å²) in [7, 11) is 2.02. The number of hydrogen-bond acceptors (Lipinski definition) is 13. The number of nitrogens with two attached hydrogens (primary N) is 2. The van der Waals surface area contributed by atoms with Crippen LogP contribution in [0.4, 0.5) is 11.4 Å². The zero-order valence-corrected chi connectivity index (χ0v) is 22.3. The maximum absolute atomic E-state index is 13.0. The molecule has 0 saturated heterocycles. The number of methoxy groups -OCH3 is 4. The molecular weight excluding hydrogens is 514 g/mol. The van der Waals surface area contributed by atoms with Crippen LogP contribution in [0.3, 0.4) is 0 Å². The molecule has 0 bridgehead atoms. The van der Waals surface area contributed by atoms with E-state index < -0.39 is 9.84 Å². The van der Waals surface area contributed by atoms with E-state index in [4.69, 9.17) is 39.6 Å². The zero-order valence-electron chi connectivity index (χ0n) is 20.7. The quantitative estimate of drug-likeness (QED) is 0.0913. The number of rotatable bonds is 16. The van der Waals surface area contributed by atoms with Gasteiger partial charge in [-0.3, -0.25) is 4.90 Å². The Morgan fingerprint density at radius 2 is 1.42 bits per heavy atom. The lowest BCUT2D eigenvalue weighted by atomic mass is 10.3. The van der Waals surface area contributed by atoms with Gasteiger partial charge in [-0.25, -0.2) is 13.3 Å². The number of nitrogen functional groups attached to an aromatic ring is 2. The smallest absolute Gasteiger partial charge is 0.183 e. The zero-order chi connectivity index (χ0) is 26.7. The number of aliphatic hydroxyl groups is 1. The van der Waals surface area contributed by atoms with Gasteiger partial charge in [-0.1, -0.05) is 0 Å². The van der Waals surface area contributed by atoms with E-state index in [2.05, 4.69) is 0 Å². The van der Waals surface area contributed by atoms with Crippen molar-refractivity contribution in [2.75, 3.05) is 78.5 Å². The molecule has 0 amide bonds. The summed E-state index contributed by atoms with van der Waals surface area (Å²) >= 11 is 0.916. The highest BCUT2D eigenvalue weighted by molar-refractivity contribution is 7.94. The second kappa shape index (κ2) is 14.2. The van der Waals surface area contributed by atoms with Gasteiger partial charge in [0, 0.05) is 43.9 Å². The Hall–Kier alpha value is -2.62. The van der Waals surface area contributed by atoms with E-state index in [1.54, 1.807) is 17.0 Å². The molecule has 0 unspecified atom stereocenters. The van der Waals surface area contributed by atoms with E-state index in [1.165, 1.54) is 40.6 Å². The molecule has 5 N–H and O–H groups in total. The molecule has 0 aliphatic rings. The van der Waals surface area contributed by atoms with Gasteiger partial charge in [-0.15, -0.1) is 0 Å². The van der Waals surface area contributed by atoms with Crippen LogP contribution in [0.5, 0.6) is 23.0 Å². The largest absolute Gasteiger partial charge is 0.495 e. The van der Waals surface area contributed by atoms with Gasteiger partial charge in [0.1, 0.15) is 27.9 Å². The van der Waals surface area contributed by atoms with Crippen LogP contribution in [0, 0.1) is 0 Å². The molecule has 14 heteroatoms. The first kappa shape index (κ1) is 29.6. The second-order valence-corrected chi connectivity index (χ2v) is 10.2. The third-order valence-electron chi connectivity index (χ3n) is 5.12. The van der Waals surface area contributed by atoms with Gasteiger partial charge in [0.05, 0.1) is 75.7 Å². The Labute approximate surface area is 215 Å². The molecule has 12 nitrogen and oxygen atoms in total. The van der Waals surface area contributed by atoms with Crippen molar-refractivity contribution in [1.82, 2.24) is 4.90 Å². The van der Waals surface area contributed by atoms with Crippen LogP contribution in [0.15, 0.2) is 34.1 Å². The van der Waals surface area contributed by atoms with Crippen molar-refractivity contribution in [2.45, 2.75) is 9.79 Å². The predicted octanol–water partition coefficient (Wildman–Crippen LogP) is 1.61. The Bertz CT molecular complexity index is 1100. The topological polar surface area (TPSA) is 165 Å². The predicted molar refractivity (Wildman–Crippen MR) is 136 cm³/mol. The van der Waals surface area contributed by atoms with Crippen molar-refractivity contribution in [2.24, 2.45) is 0 Å². The van der Waals surface area contributed by atoms with Crippen LogP contribution in [0.25, 0.3) is 0 Å². The molecular formula is C22H33N3O9S2. The van der Waals surface area contributed by atoms with Crippen LogP contribution in [0.2, 0.25) is 0 Å². The Morgan fingerprint density at radius 3 is 2.00 bits per heavy atom. The van der Waals surface area contributed by atoms with Gasteiger partial charge in [-0.2, -0.15) is 4.33 Å². The lowest BCUT2D eigenvalue weighted by Crippen LogP contribution is -2.34. The highest BCUT2D eigenvalue weighted by atomic mass is 32.2. The van der Waals surface area contributed by atoms with Crippen LogP contribution in [-0.2, 0) is 19.1 Å². The fourth-order valence-corrected chi connectivity index (χ4v) is 5.21. The van der Waals surface area contributed by atoms with Crippen molar-refractivity contribution in [1.29, 1.82) is 0 Å². The molecule has 0 radical (unpaired) electrons. The van der Waals surface area contributed by atoms with Crippen molar-refractivity contribution in [3.63, 3.8) is 0 Å². The van der Waals surface area contributed by atoms with E-state index in [0.29, 0.717) is 28.6 Å². The van der Waals surface area contributed by atoms with Crippen molar-refractivity contribution >= 4 is 33.3 Å². The maximum atomic E-state index is 13.0. The monoisotopic (exact) mass is 547 g/mol. The summed E-state index contributed by atoms with van der Waals surface area (Å²) in [5, 5.41) is 9.39. The summed E-state index contributed by atoms with van der Waals surface area (Å²) in [6, 6.07) is 6.02. The van der Waals surface area contributed by atoms with Gasteiger partial charge < -0.3 is 35.5 Å². The Balaban J connectivity index is 1.94. The summed E-state index contributed by atoms with van der Waals surface area (Å²) in [6.07, 6.45) is 0. The molecule has 0 aliphatic heterocycles. The first-order valence-corrected chi connectivity index (χ1v) is 13.1. The first-order chi connectivity index (χ1) is 17.2. The van der Waals surface area contributed by atoms with Crippen molar-refractivity contribution < 1.29 is 41.7 Å². The van der Waals surface area contributed by atoms with Gasteiger partial charge in [-0.05, 0) is 0 Å². The summed E-state index contributed by atoms with van der Waals surface area (Å²) in [6.45, 7) is 0.647. The number of nitrogens with zero attached hydrogens (tertiary/aromatic N) is 1. The van der Waals surface area contributed by atoms with Crippen LogP contribution < -0.4 is 30.4 Å². The number of ether oxygens (including phenoxy) is 4. The van der Waals surface area contributed by atoms with Gasteiger partial charge in [0.15, 0.2) is 9.84 Å². The number of aliphatic hydroxyl groups excluding tert-OH is 1. The third kappa shape index (κ3) is 7.94. The molecule has 2 rings (SSSR count). The lowest BCUT2D eigenvalue weighted by Gasteiger charge is -2.21. The van der Waals surface area contributed by atoms with Crippen LogP contribution in [0.1, 0.15) is 0 Å². The molecule has 202 valence electrons. The van der Waals surface area contributed by atoms with Gasteiger partial charge >= 0.3 is 0 Å². The molecule has 0 saturated carbocycles. The van der Waals surface area contributed by atoms with Gasteiger partial charge in [0.2, 0.25) is 0 Å². The molecule has 0 atom stereocenters. The number of anilines is 2. The second-order valence-electron chi connectivity index (χ2n) is 7.35. The van der Waals surface area contributed by atoms with E-state index in [0.717, 1.165) is 12.0 Å². The highest BCUT2D eigenvalue weighted by Crippen LogP contribution is 2.37. The highest BCUT2D eigenvalue weighted by Gasteiger charge is 2.23. The minimum atomic E-state index is -3.75. The Morgan fingerprint density at radius 1 is 0.833 bits per heavy atom. The average molecular weight is 548 g/mol. The molecule has 36 heavy (non-hydrogen) atoms. The molecule has 2 aromatic rings. The van der Waals surface area contributed by atoms with E-state index in [1.807, 2.05) is 0 Å². The van der Waals surface area contributed by atoms with Gasteiger partial charge in [0.25, 0.3) is 0 Å². The summed E-state index contributed by atoms with van der Waals surface area (Å²) in [4.78, 5) is 7.53. The fraction of sp³-hybridized carbons (Fsp3) is 0.455. The average Bonchev–Trinajstić information content (AvgIpc) is 2.86.